The van der Waals surface area contributed by atoms with Gasteiger partial charge in [-0.3, -0.25) is 14.9 Å². The molecule has 2 aromatic carbocycles. The lowest BCUT2D eigenvalue weighted by Crippen LogP contribution is -2.34. The van der Waals surface area contributed by atoms with Crippen LogP contribution in [-0.2, 0) is 14.3 Å². The van der Waals surface area contributed by atoms with Crippen LogP contribution in [0.3, 0.4) is 0 Å². The monoisotopic (exact) mass is 469 g/mol. The zero-order chi connectivity index (χ0) is 24.7. The summed E-state index contributed by atoms with van der Waals surface area (Å²) >= 11 is 0. The number of halogens is 2. The van der Waals surface area contributed by atoms with Crippen molar-refractivity contribution in [2.45, 2.75) is 20.5 Å². The number of para-hydroxylation sites is 1. The minimum atomic E-state index is -2.99. The molecular weight excluding hydrogens is 448 g/mol. The number of alkyl halides is 2. The predicted molar refractivity (Wildman–Crippen MR) is 119 cm³/mol. The average molecular weight is 469 g/mol. The first-order chi connectivity index (χ1) is 16.2. The Morgan fingerprint density at radius 2 is 1.74 bits per heavy atom. The van der Waals surface area contributed by atoms with E-state index in [0.29, 0.717) is 5.69 Å². The molecule has 0 unspecified atom stereocenters. The van der Waals surface area contributed by atoms with Gasteiger partial charge in [0.15, 0.2) is 6.61 Å². The Kier molecular flexibility index (Phi) is 7.86. The molecular formula is C24H21F2N3O5. The van der Waals surface area contributed by atoms with Gasteiger partial charge in [-0.05, 0) is 56.3 Å². The molecule has 10 heteroatoms. The van der Waals surface area contributed by atoms with Crippen molar-refractivity contribution in [3.8, 4) is 11.4 Å². The van der Waals surface area contributed by atoms with Crippen molar-refractivity contribution >= 4 is 23.9 Å². The van der Waals surface area contributed by atoms with E-state index in [9.17, 15) is 23.2 Å². The van der Waals surface area contributed by atoms with E-state index in [2.05, 4.69) is 9.84 Å². The number of amides is 2. The fraction of sp³-hybridized carbons (Fsp3) is 0.167. The van der Waals surface area contributed by atoms with Gasteiger partial charge in [0.25, 0.3) is 11.8 Å². The molecule has 0 bridgehead atoms. The Morgan fingerprint density at radius 3 is 2.38 bits per heavy atom. The maximum atomic E-state index is 12.2. The van der Waals surface area contributed by atoms with Crippen molar-refractivity contribution in [3.05, 3.63) is 83.2 Å². The molecule has 1 heterocycles. The lowest BCUT2D eigenvalue weighted by Gasteiger charge is -2.06. The number of hydrogen-bond donors (Lipinski definition) is 1. The summed E-state index contributed by atoms with van der Waals surface area (Å²) in [5.41, 5.74) is 3.19. The third-order valence-corrected chi connectivity index (χ3v) is 4.67. The predicted octanol–water partition coefficient (Wildman–Crippen LogP) is 3.60. The fourth-order valence-electron chi connectivity index (χ4n) is 3.08. The van der Waals surface area contributed by atoms with Gasteiger partial charge < -0.3 is 9.47 Å². The summed E-state index contributed by atoms with van der Waals surface area (Å²) in [6.45, 7) is 0.00657. The van der Waals surface area contributed by atoms with E-state index < -0.39 is 31.0 Å². The minimum Gasteiger partial charge on any atom is -0.452 e. The maximum Gasteiger partial charge on any atom is 0.387 e. The number of nitrogens with one attached hydrogen (secondary N) is 1. The highest BCUT2D eigenvalue weighted by molar-refractivity contribution is 6.05. The molecule has 34 heavy (non-hydrogen) atoms. The van der Waals surface area contributed by atoms with E-state index in [-0.39, 0.29) is 11.3 Å². The van der Waals surface area contributed by atoms with E-state index in [1.165, 1.54) is 30.3 Å². The standard InChI is InChI=1S/C24H21F2N3O5/c1-15-20(16(2)29(28-15)18-6-4-3-5-7-18)12-13-22(31)33-14-21(30)27-23(32)17-8-10-19(11-9-17)34-24(25)26/h3-13,24H,14H2,1-2H3,(H,27,30,32)/b13-12+. The Hall–Kier alpha value is -4.34. The zero-order valence-corrected chi connectivity index (χ0v) is 18.3. The Labute approximate surface area is 193 Å². The van der Waals surface area contributed by atoms with Gasteiger partial charge in [0.05, 0.1) is 11.4 Å². The van der Waals surface area contributed by atoms with Crippen LogP contribution in [0.1, 0.15) is 27.3 Å². The second kappa shape index (κ2) is 11.0. The summed E-state index contributed by atoms with van der Waals surface area (Å²) < 4.78 is 35.2. The van der Waals surface area contributed by atoms with Gasteiger partial charge in [0.1, 0.15) is 5.75 Å². The van der Waals surface area contributed by atoms with Gasteiger partial charge in [-0.2, -0.15) is 13.9 Å². The number of carbonyl (C=O) groups excluding carboxylic acids is 3. The summed E-state index contributed by atoms with van der Waals surface area (Å²) in [4.78, 5) is 36.0. The van der Waals surface area contributed by atoms with Crippen LogP contribution < -0.4 is 10.1 Å². The fourth-order valence-corrected chi connectivity index (χ4v) is 3.08. The number of aromatic nitrogens is 2. The highest BCUT2D eigenvalue weighted by Gasteiger charge is 2.14. The molecule has 2 amide bonds. The van der Waals surface area contributed by atoms with Gasteiger partial charge in [-0.1, -0.05) is 18.2 Å². The molecule has 3 rings (SSSR count). The van der Waals surface area contributed by atoms with Crippen LogP contribution in [0.2, 0.25) is 0 Å². The summed E-state index contributed by atoms with van der Waals surface area (Å²) in [5.74, 6) is -2.52. The SMILES string of the molecule is Cc1nn(-c2ccccc2)c(C)c1/C=C/C(=O)OCC(=O)NC(=O)c1ccc(OC(F)F)cc1. The molecule has 8 nitrogen and oxygen atoms in total. The summed E-state index contributed by atoms with van der Waals surface area (Å²) in [6.07, 6.45) is 2.72. The van der Waals surface area contributed by atoms with E-state index >= 15 is 0 Å². The number of rotatable bonds is 8. The first-order valence-corrected chi connectivity index (χ1v) is 10.1. The summed E-state index contributed by atoms with van der Waals surface area (Å²) in [5, 5.41) is 6.52. The number of ether oxygens (including phenoxy) is 2. The van der Waals surface area contributed by atoms with Crippen LogP contribution in [0.5, 0.6) is 5.75 Å². The first-order valence-electron chi connectivity index (χ1n) is 10.1. The average Bonchev–Trinajstić information content (AvgIpc) is 3.10. The highest BCUT2D eigenvalue weighted by atomic mass is 19.3. The molecule has 1 N–H and O–H groups in total. The van der Waals surface area contributed by atoms with E-state index in [0.717, 1.165) is 16.9 Å². The molecule has 0 radical (unpaired) electrons. The number of aryl methyl sites for hydroxylation is 1. The minimum absolute atomic E-state index is 0.0440. The van der Waals surface area contributed by atoms with Crippen LogP contribution in [0.15, 0.2) is 60.7 Å². The Bertz CT molecular complexity index is 1210. The quantitative estimate of drug-likeness (QED) is 0.400. The molecule has 0 aliphatic heterocycles. The smallest absolute Gasteiger partial charge is 0.387 e. The van der Waals surface area contributed by atoms with Crippen LogP contribution in [0.4, 0.5) is 8.78 Å². The highest BCUT2D eigenvalue weighted by Crippen LogP contribution is 2.19. The number of carbonyl (C=O) groups is 3. The molecule has 0 aliphatic rings. The lowest BCUT2D eigenvalue weighted by atomic mass is 10.2. The number of imide groups is 1. The summed E-state index contributed by atoms with van der Waals surface area (Å²) in [7, 11) is 0. The van der Waals surface area contributed by atoms with Crippen molar-refractivity contribution in [2.24, 2.45) is 0 Å². The van der Waals surface area contributed by atoms with E-state index in [1.54, 1.807) is 10.8 Å². The molecule has 176 valence electrons. The number of esters is 1. The topological polar surface area (TPSA) is 99.5 Å². The lowest BCUT2D eigenvalue weighted by molar-refractivity contribution is -0.143. The van der Waals surface area contributed by atoms with E-state index in [4.69, 9.17) is 4.74 Å². The normalized spacial score (nSPS) is 11.0. The van der Waals surface area contributed by atoms with Crippen molar-refractivity contribution < 1.29 is 32.6 Å². The molecule has 0 saturated heterocycles. The molecule has 3 aromatic rings. The second-order valence-corrected chi connectivity index (χ2v) is 7.05. The molecule has 0 aliphatic carbocycles. The second-order valence-electron chi connectivity index (χ2n) is 7.05. The molecule has 0 saturated carbocycles. The maximum absolute atomic E-state index is 12.2. The number of hydrogen-bond acceptors (Lipinski definition) is 6. The summed E-state index contributed by atoms with van der Waals surface area (Å²) in [6, 6.07) is 14.3. The Balaban J connectivity index is 1.52. The van der Waals surface area contributed by atoms with Crippen LogP contribution in [0, 0.1) is 13.8 Å². The van der Waals surface area contributed by atoms with Gasteiger partial charge in [-0.25, -0.2) is 9.48 Å². The largest absolute Gasteiger partial charge is 0.452 e. The third kappa shape index (κ3) is 6.35. The molecule has 0 fully saturated rings. The zero-order valence-electron chi connectivity index (χ0n) is 18.3. The van der Waals surface area contributed by atoms with Crippen molar-refractivity contribution in [2.75, 3.05) is 6.61 Å². The van der Waals surface area contributed by atoms with Crippen molar-refractivity contribution in [3.63, 3.8) is 0 Å². The molecule has 0 spiro atoms. The van der Waals surface area contributed by atoms with Crippen molar-refractivity contribution in [1.29, 1.82) is 0 Å². The number of benzene rings is 2. The van der Waals surface area contributed by atoms with Gasteiger partial charge in [0.2, 0.25) is 0 Å². The molecule has 1 aromatic heterocycles. The number of nitrogens with zero attached hydrogens (tertiary/aromatic N) is 2. The van der Waals surface area contributed by atoms with Gasteiger partial charge >= 0.3 is 12.6 Å². The van der Waals surface area contributed by atoms with E-state index in [1.807, 2.05) is 49.5 Å². The van der Waals surface area contributed by atoms with Crippen LogP contribution >= 0.6 is 0 Å². The first kappa shape index (κ1) is 24.3. The third-order valence-electron chi connectivity index (χ3n) is 4.67. The molecule has 0 atom stereocenters. The van der Waals surface area contributed by atoms with Gasteiger partial charge in [0, 0.05) is 22.9 Å². The van der Waals surface area contributed by atoms with Crippen LogP contribution in [0.25, 0.3) is 11.8 Å². The van der Waals surface area contributed by atoms with Gasteiger partial charge in [-0.15, -0.1) is 0 Å². The van der Waals surface area contributed by atoms with Crippen LogP contribution in [-0.4, -0.2) is 40.8 Å². The van der Waals surface area contributed by atoms with Crippen molar-refractivity contribution in [1.82, 2.24) is 15.1 Å². The Morgan fingerprint density at radius 1 is 1.06 bits per heavy atom.